The highest BCUT2D eigenvalue weighted by Gasteiger charge is 2.20. The number of urea groups is 1. The molecule has 4 nitrogen and oxygen atoms in total. The number of nitrogens with zero attached hydrogens (tertiary/aromatic N) is 1. The Morgan fingerprint density at radius 1 is 1.19 bits per heavy atom. The van der Waals surface area contributed by atoms with Gasteiger partial charge in [0.1, 0.15) is 0 Å². The van der Waals surface area contributed by atoms with Crippen molar-refractivity contribution in [3.8, 4) is 0 Å². The van der Waals surface area contributed by atoms with Gasteiger partial charge >= 0.3 is 6.03 Å². The zero-order valence-corrected chi connectivity index (χ0v) is 13.8. The van der Waals surface area contributed by atoms with E-state index in [0.717, 1.165) is 22.4 Å². The van der Waals surface area contributed by atoms with Gasteiger partial charge in [-0.2, -0.15) is 0 Å². The molecular formula is C16H16IN3O. The Hall–Kier alpha value is -1.60. The number of anilines is 1. The van der Waals surface area contributed by atoms with Gasteiger partial charge in [0.2, 0.25) is 0 Å². The summed E-state index contributed by atoms with van der Waals surface area (Å²) in [5, 5.41) is 2.87. The Kier molecular flexibility index (Phi) is 3.86. The van der Waals surface area contributed by atoms with E-state index >= 15 is 0 Å². The molecule has 2 aromatic rings. The van der Waals surface area contributed by atoms with Crippen LogP contribution >= 0.6 is 22.6 Å². The van der Waals surface area contributed by atoms with Gasteiger partial charge in [-0.25, -0.2) is 4.79 Å². The molecule has 1 atom stereocenters. The fourth-order valence-electron chi connectivity index (χ4n) is 2.46. The molecule has 1 heterocycles. The van der Waals surface area contributed by atoms with Crippen molar-refractivity contribution < 1.29 is 4.79 Å². The number of halogens is 1. The molecule has 0 bridgehead atoms. The molecule has 5 heteroatoms. The highest BCUT2D eigenvalue weighted by Crippen LogP contribution is 2.28. The first kappa shape index (κ1) is 14.3. The van der Waals surface area contributed by atoms with Crippen molar-refractivity contribution in [2.24, 2.45) is 5.73 Å². The van der Waals surface area contributed by atoms with Gasteiger partial charge in [-0.05, 0) is 57.5 Å². The smallest absolute Gasteiger partial charge is 0.321 e. The van der Waals surface area contributed by atoms with Crippen LogP contribution in [0, 0.1) is 3.57 Å². The minimum Gasteiger partial charge on any atom is -0.323 e. The molecule has 0 saturated heterocycles. The molecule has 108 valence electrons. The number of hydrogen-bond acceptors (Lipinski definition) is 2. The highest BCUT2D eigenvalue weighted by molar-refractivity contribution is 14.1. The summed E-state index contributed by atoms with van der Waals surface area (Å²) >= 11 is 2.28. The Balaban J connectivity index is 1.91. The van der Waals surface area contributed by atoms with Crippen molar-refractivity contribution in [1.29, 1.82) is 0 Å². The van der Waals surface area contributed by atoms with Crippen LogP contribution in [0.5, 0.6) is 0 Å². The Bertz CT molecular complexity index is 684. The number of carbonyl (C=O) groups excluding carboxylic acids is 1. The van der Waals surface area contributed by atoms with Gasteiger partial charge in [-0.3, -0.25) is 0 Å². The largest absolute Gasteiger partial charge is 0.323 e. The van der Waals surface area contributed by atoms with Gasteiger partial charge < -0.3 is 16.0 Å². The van der Waals surface area contributed by atoms with Crippen LogP contribution in [0.2, 0.25) is 0 Å². The number of nitrogens with two attached hydrogens (primary N) is 1. The summed E-state index contributed by atoms with van der Waals surface area (Å²) in [6, 6.07) is 14.0. The molecule has 1 unspecified atom stereocenters. The third kappa shape index (κ3) is 2.89. The van der Waals surface area contributed by atoms with Crippen molar-refractivity contribution >= 4 is 34.3 Å². The first-order valence-electron chi connectivity index (χ1n) is 6.70. The van der Waals surface area contributed by atoms with Gasteiger partial charge in [0.25, 0.3) is 0 Å². The van der Waals surface area contributed by atoms with Crippen LogP contribution in [-0.2, 0) is 6.54 Å². The summed E-state index contributed by atoms with van der Waals surface area (Å²) in [5.74, 6) is 0. The van der Waals surface area contributed by atoms with Crippen molar-refractivity contribution in [2.75, 3.05) is 12.4 Å². The van der Waals surface area contributed by atoms with Gasteiger partial charge in [0.05, 0.1) is 6.04 Å². The lowest BCUT2D eigenvalue weighted by molar-refractivity contribution is 0.218. The zero-order valence-electron chi connectivity index (χ0n) is 11.6. The number of amides is 2. The average Bonchev–Trinajstić information content (AvgIpc) is 2.48. The quantitative estimate of drug-likeness (QED) is 0.770. The second-order valence-electron chi connectivity index (χ2n) is 5.23. The van der Waals surface area contributed by atoms with Crippen LogP contribution in [0.4, 0.5) is 10.5 Å². The van der Waals surface area contributed by atoms with E-state index in [2.05, 4.69) is 58.2 Å². The number of hydrogen-bond donors (Lipinski definition) is 2. The topological polar surface area (TPSA) is 58.4 Å². The normalized spacial score (nSPS) is 15.4. The van der Waals surface area contributed by atoms with Crippen molar-refractivity contribution in [3.05, 3.63) is 62.7 Å². The maximum absolute atomic E-state index is 11.6. The molecule has 3 N–H and O–H groups in total. The number of rotatable bonds is 2. The second kappa shape index (κ2) is 5.65. The Morgan fingerprint density at radius 3 is 2.57 bits per heavy atom. The molecule has 1 aliphatic heterocycles. The highest BCUT2D eigenvalue weighted by atomic mass is 127. The molecule has 1 aliphatic rings. The van der Waals surface area contributed by atoms with Gasteiger partial charge in [0.15, 0.2) is 0 Å². The van der Waals surface area contributed by atoms with Gasteiger partial charge in [-0.15, -0.1) is 0 Å². The number of nitrogens with one attached hydrogen (secondary N) is 1. The fraction of sp³-hybridized carbons (Fsp3) is 0.188. The van der Waals surface area contributed by atoms with E-state index in [1.165, 1.54) is 3.57 Å². The summed E-state index contributed by atoms with van der Waals surface area (Å²) in [6.45, 7) is 0.606. The number of fused-ring (bicyclic) bond motifs is 1. The molecule has 3 rings (SSSR count). The summed E-state index contributed by atoms with van der Waals surface area (Å²) < 4.78 is 1.19. The average molecular weight is 393 g/mol. The predicted molar refractivity (Wildman–Crippen MR) is 92.1 cm³/mol. The standard InChI is InChI=1S/C16H16IN3O/c1-20-9-12-8-11(4-7-14(12)19-16(20)21)15(18)10-2-5-13(17)6-3-10/h2-8,15H,9,18H2,1H3,(H,19,21). The van der Waals surface area contributed by atoms with E-state index in [9.17, 15) is 4.79 Å². The van der Waals surface area contributed by atoms with E-state index in [-0.39, 0.29) is 12.1 Å². The lowest BCUT2D eigenvalue weighted by Gasteiger charge is -2.27. The lowest BCUT2D eigenvalue weighted by Crippen LogP contribution is -2.35. The Labute approximate surface area is 137 Å². The van der Waals surface area contributed by atoms with Crippen LogP contribution in [0.15, 0.2) is 42.5 Å². The molecule has 0 radical (unpaired) electrons. The molecule has 0 saturated carbocycles. The number of benzene rings is 2. The van der Waals surface area contributed by atoms with Crippen LogP contribution in [0.25, 0.3) is 0 Å². The van der Waals surface area contributed by atoms with Gasteiger partial charge in [0, 0.05) is 22.8 Å². The van der Waals surface area contributed by atoms with Crippen LogP contribution in [0.1, 0.15) is 22.7 Å². The van der Waals surface area contributed by atoms with Crippen molar-refractivity contribution in [1.82, 2.24) is 4.90 Å². The Morgan fingerprint density at radius 2 is 1.86 bits per heavy atom. The maximum atomic E-state index is 11.6. The predicted octanol–water partition coefficient (Wildman–Crippen LogP) is 3.32. The molecular weight excluding hydrogens is 377 g/mol. The van der Waals surface area contributed by atoms with E-state index in [1.54, 1.807) is 11.9 Å². The fourth-order valence-corrected chi connectivity index (χ4v) is 2.82. The first-order chi connectivity index (χ1) is 10.0. The minimum absolute atomic E-state index is 0.0721. The third-order valence-electron chi connectivity index (χ3n) is 3.71. The second-order valence-corrected chi connectivity index (χ2v) is 6.48. The molecule has 0 aliphatic carbocycles. The third-order valence-corrected chi connectivity index (χ3v) is 4.43. The van der Waals surface area contributed by atoms with Crippen molar-refractivity contribution in [2.45, 2.75) is 12.6 Å². The minimum atomic E-state index is -0.157. The monoisotopic (exact) mass is 393 g/mol. The summed E-state index contributed by atoms with van der Waals surface area (Å²) in [6.07, 6.45) is 0. The van der Waals surface area contributed by atoms with E-state index < -0.39 is 0 Å². The van der Waals surface area contributed by atoms with Crippen LogP contribution < -0.4 is 11.1 Å². The van der Waals surface area contributed by atoms with Crippen molar-refractivity contribution in [3.63, 3.8) is 0 Å². The van der Waals surface area contributed by atoms with E-state index in [4.69, 9.17) is 5.73 Å². The number of carbonyl (C=O) groups is 1. The molecule has 0 aromatic heterocycles. The molecule has 2 amide bonds. The first-order valence-corrected chi connectivity index (χ1v) is 7.78. The summed E-state index contributed by atoms with van der Waals surface area (Å²) in [7, 11) is 1.78. The zero-order chi connectivity index (χ0) is 15.0. The maximum Gasteiger partial charge on any atom is 0.321 e. The molecule has 0 fully saturated rings. The molecule has 0 spiro atoms. The van der Waals surface area contributed by atoms with Gasteiger partial charge in [-0.1, -0.05) is 24.3 Å². The molecule has 21 heavy (non-hydrogen) atoms. The van der Waals surface area contributed by atoms with E-state index in [0.29, 0.717) is 6.54 Å². The summed E-state index contributed by atoms with van der Waals surface area (Å²) in [5.41, 5.74) is 10.5. The summed E-state index contributed by atoms with van der Waals surface area (Å²) in [4.78, 5) is 13.3. The lowest BCUT2D eigenvalue weighted by atomic mass is 9.96. The molecule has 2 aromatic carbocycles. The van der Waals surface area contributed by atoms with Crippen LogP contribution in [-0.4, -0.2) is 18.0 Å². The SMILES string of the molecule is CN1Cc2cc(C(N)c3ccc(I)cc3)ccc2NC1=O. The van der Waals surface area contributed by atoms with E-state index in [1.807, 2.05) is 12.1 Å². The van der Waals surface area contributed by atoms with Crippen LogP contribution in [0.3, 0.4) is 0 Å².